The van der Waals surface area contributed by atoms with Crippen LogP contribution in [0.25, 0.3) is 0 Å². The Bertz CT molecular complexity index is 473. The molecule has 0 bridgehead atoms. The van der Waals surface area contributed by atoms with Gasteiger partial charge in [0.1, 0.15) is 0 Å². The van der Waals surface area contributed by atoms with Crippen LogP contribution in [0.1, 0.15) is 22.7 Å². The van der Waals surface area contributed by atoms with Crippen LogP contribution in [0.5, 0.6) is 0 Å². The van der Waals surface area contributed by atoms with Gasteiger partial charge in [-0.3, -0.25) is 4.68 Å². The van der Waals surface area contributed by atoms with Gasteiger partial charge in [-0.1, -0.05) is 29.8 Å². The van der Waals surface area contributed by atoms with Gasteiger partial charge in [-0.2, -0.15) is 5.10 Å². The lowest BCUT2D eigenvalue weighted by molar-refractivity contribution is 0.263. The summed E-state index contributed by atoms with van der Waals surface area (Å²) >= 11 is 0. The van der Waals surface area contributed by atoms with Gasteiger partial charge in [0.15, 0.2) is 0 Å². The molecule has 1 heterocycles. The number of aliphatic hydroxyl groups is 1. The van der Waals surface area contributed by atoms with Crippen molar-refractivity contribution in [1.82, 2.24) is 9.78 Å². The van der Waals surface area contributed by atoms with E-state index in [4.69, 9.17) is 0 Å². The predicted octanol–water partition coefficient (Wildman–Crippen LogP) is 2.05. The van der Waals surface area contributed by atoms with Gasteiger partial charge in [0.05, 0.1) is 12.3 Å². The zero-order valence-corrected chi connectivity index (χ0v) is 10.3. The zero-order chi connectivity index (χ0) is 12.3. The van der Waals surface area contributed by atoms with Crippen molar-refractivity contribution in [2.75, 3.05) is 6.61 Å². The summed E-state index contributed by atoms with van der Waals surface area (Å²) in [5.74, 6) is 0.130. The molecule has 0 fully saturated rings. The number of hydrogen-bond donors (Lipinski definition) is 1. The van der Waals surface area contributed by atoms with Crippen LogP contribution in [0.4, 0.5) is 0 Å². The van der Waals surface area contributed by atoms with Crippen LogP contribution in [0.2, 0.25) is 0 Å². The molecule has 0 amide bonds. The zero-order valence-electron chi connectivity index (χ0n) is 10.3. The maximum atomic E-state index is 9.48. The van der Waals surface area contributed by atoms with Crippen molar-refractivity contribution in [1.29, 1.82) is 0 Å². The molecule has 0 saturated carbocycles. The van der Waals surface area contributed by atoms with Crippen LogP contribution in [-0.2, 0) is 13.5 Å². The topological polar surface area (TPSA) is 38.0 Å². The van der Waals surface area contributed by atoms with Crippen molar-refractivity contribution in [3.05, 3.63) is 53.3 Å². The van der Waals surface area contributed by atoms with Crippen LogP contribution in [0, 0.1) is 6.92 Å². The van der Waals surface area contributed by atoms with Crippen LogP contribution >= 0.6 is 0 Å². The summed E-state index contributed by atoms with van der Waals surface area (Å²) < 4.78 is 1.79. The summed E-state index contributed by atoms with van der Waals surface area (Å²) in [4.78, 5) is 0. The first-order valence-corrected chi connectivity index (χ1v) is 5.85. The van der Waals surface area contributed by atoms with Crippen LogP contribution in [0.15, 0.2) is 36.5 Å². The molecule has 3 nitrogen and oxygen atoms in total. The highest BCUT2D eigenvalue weighted by molar-refractivity contribution is 5.25. The van der Waals surface area contributed by atoms with Crippen molar-refractivity contribution in [3.63, 3.8) is 0 Å². The van der Waals surface area contributed by atoms with E-state index in [-0.39, 0.29) is 12.5 Å². The number of hydrogen-bond acceptors (Lipinski definition) is 2. The predicted molar refractivity (Wildman–Crippen MR) is 67.9 cm³/mol. The van der Waals surface area contributed by atoms with Gasteiger partial charge in [-0.05, 0) is 18.6 Å². The molecule has 0 aliphatic heterocycles. The highest BCUT2D eigenvalue weighted by Crippen LogP contribution is 2.20. The molecule has 1 N–H and O–H groups in total. The molecular weight excluding hydrogens is 212 g/mol. The van der Waals surface area contributed by atoms with E-state index in [0.717, 1.165) is 12.1 Å². The minimum atomic E-state index is 0.130. The molecule has 0 radical (unpaired) electrons. The van der Waals surface area contributed by atoms with Gasteiger partial charge < -0.3 is 5.11 Å². The molecule has 3 heteroatoms. The number of nitrogens with zero attached hydrogens (tertiary/aromatic N) is 2. The van der Waals surface area contributed by atoms with E-state index in [2.05, 4.69) is 36.3 Å². The Labute approximate surface area is 102 Å². The second-order valence-electron chi connectivity index (χ2n) is 4.48. The Hall–Kier alpha value is -1.61. The Balaban J connectivity index is 2.13. The van der Waals surface area contributed by atoms with E-state index in [1.807, 2.05) is 19.3 Å². The summed E-state index contributed by atoms with van der Waals surface area (Å²) in [6.45, 7) is 2.22. The molecule has 1 aromatic heterocycles. The van der Waals surface area contributed by atoms with E-state index < -0.39 is 0 Å². The second-order valence-corrected chi connectivity index (χ2v) is 4.48. The molecule has 90 valence electrons. The number of aromatic nitrogens is 2. The first-order valence-electron chi connectivity index (χ1n) is 5.85. The Morgan fingerprint density at radius 2 is 1.94 bits per heavy atom. The van der Waals surface area contributed by atoms with Gasteiger partial charge in [-0.15, -0.1) is 0 Å². The number of benzene rings is 1. The van der Waals surface area contributed by atoms with E-state index in [1.165, 1.54) is 11.1 Å². The van der Waals surface area contributed by atoms with Crippen molar-refractivity contribution in [3.8, 4) is 0 Å². The number of aliphatic hydroxyl groups excluding tert-OH is 1. The number of rotatable bonds is 4. The summed E-state index contributed by atoms with van der Waals surface area (Å²) in [5.41, 5.74) is 3.43. The standard InChI is InChI=1S/C14H18N2O/c1-11-3-5-12(6-4-11)13(10-17)9-14-7-8-16(2)15-14/h3-8,13,17H,9-10H2,1-2H3. The monoisotopic (exact) mass is 230 g/mol. The molecule has 0 saturated heterocycles. The summed E-state index contributed by atoms with van der Waals surface area (Å²) in [6, 6.07) is 10.3. The fourth-order valence-corrected chi connectivity index (χ4v) is 1.95. The lowest BCUT2D eigenvalue weighted by atomic mass is 9.94. The van der Waals surface area contributed by atoms with Crippen molar-refractivity contribution >= 4 is 0 Å². The highest BCUT2D eigenvalue weighted by Gasteiger charge is 2.12. The van der Waals surface area contributed by atoms with Gasteiger partial charge >= 0.3 is 0 Å². The highest BCUT2D eigenvalue weighted by atomic mass is 16.3. The number of aryl methyl sites for hydroxylation is 2. The van der Waals surface area contributed by atoms with E-state index >= 15 is 0 Å². The third-order valence-electron chi connectivity index (χ3n) is 2.99. The van der Waals surface area contributed by atoms with Crippen molar-refractivity contribution < 1.29 is 5.11 Å². The Kier molecular flexibility index (Phi) is 3.59. The van der Waals surface area contributed by atoms with Gasteiger partial charge in [0.2, 0.25) is 0 Å². The van der Waals surface area contributed by atoms with E-state index in [1.54, 1.807) is 4.68 Å². The molecule has 0 spiro atoms. The largest absolute Gasteiger partial charge is 0.396 e. The molecule has 0 aliphatic rings. The molecule has 1 unspecified atom stereocenters. The van der Waals surface area contributed by atoms with Gasteiger partial charge in [0.25, 0.3) is 0 Å². The smallest absolute Gasteiger partial charge is 0.0631 e. The fraction of sp³-hybridized carbons (Fsp3) is 0.357. The normalized spacial score (nSPS) is 12.6. The molecule has 1 aromatic carbocycles. The van der Waals surface area contributed by atoms with Gasteiger partial charge in [-0.25, -0.2) is 0 Å². The minimum absolute atomic E-state index is 0.130. The van der Waals surface area contributed by atoms with E-state index in [0.29, 0.717) is 0 Å². The second kappa shape index (κ2) is 5.15. The minimum Gasteiger partial charge on any atom is -0.396 e. The van der Waals surface area contributed by atoms with Crippen LogP contribution in [0.3, 0.4) is 0 Å². The fourth-order valence-electron chi connectivity index (χ4n) is 1.95. The maximum absolute atomic E-state index is 9.48. The first kappa shape index (κ1) is 11.9. The van der Waals surface area contributed by atoms with Crippen LogP contribution in [-0.4, -0.2) is 21.5 Å². The SMILES string of the molecule is Cc1ccc(C(CO)Cc2ccn(C)n2)cc1. The molecule has 1 atom stereocenters. The average Bonchev–Trinajstić information content (AvgIpc) is 2.73. The maximum Gasteiger partial charge on any atom is 0.0631 e. The lowest BCUT2D eigenvalue weighted by Gasteiger charge is -2.13. The average molecular weight is 230 g/mol. The summed E-state index contributed by atoms with van der Waals surface area (Å²) in [6.07, 6.45) is 2.71. The molecule has 2 aromatic rings. The molecule has 2 rings (SSSR count). The summed E-state index contributed by atoms with van der Waals surface area (Å²) in [5, 5.41) is 13.8. The molecule has 0 aliphatic carbocycles. The Morgan fingerprint density at radius 3 is 2.47 bits per heavy atom. The molecule has 17 heavy (non-hydrogen) atoms. The first-order chi connectivity index (χ1) is 8.19. The van der Waals surface area contributed by atoms with Crippen molar-refractivity contribution in [2.24, 2.45) is 7.05 Å². The lowest BCUT2D eigenvalue weighted by Crippen LogP contribution is -2.08. The van der Waals surface area contributed by atoms with Gasteiger partial charge in [0, 0.05) is 25.6 Å². The van der Waals surface area contributed by atoms with Crippen LogP contribution < -0.4 is 0 Å². The van der Waals surface area contributed by atoms with Crippen molar-refractivity contribution in [2.45, 2.75) is 19.3 Å². The quantitative estimate of drug-likeness (QED) is 0.873. The van der Waals surface area contributed by atoms with E-state index in [9.17, 15) is 5.11 Å². The molecular formula is C14H18N2O. The third kappa shape index (κ3) is 2.94. The Morgan fingerprint density at radius 1 is 1.24 bits per heavy atom. The summed E-state index contributed by atoms with van der Waals surface area (Å²) in [7, 11) is 1.91. The third-order valence-corrected chi connectivity index (χ3v) is 2.99.